The van der Waals surface area contributed by atoms with Crippen molar-refractivity contribution in [2.45, 2.75) is 38.6 Å². The first-order chi connectivity index (χ1) is 14.5. The van der Waals surface area contributed by atoms with Gasteiger partial charge in [0.1, 0.15) is 5.71 Å². The van der Waals surface area contributed by atoms with E-state index >= 15 is 0 Å². The summed E-state index contributed by atoms with van der Waals surface area (Å²) in [5.74, 6) is -0.177. The molecule has 160 valence electrons. The molecule has 1 saturated heterocycles. The molecule has 2 aliphatic heterocycles. The normalized spacial score (nSPS) is 22.3. The van der Waals surface area contributed by atoms with Gasteiger partial charge in [-0.25, -0.2) is 5.01 Å². The molecule has 4 rings (SSSR count). The van der Waals surface area contributed by atoms with E-state index in [9.17, 15) is 4.79 Å². The van der Waals surface area contributed by atoms with Crippen LogP contribution in [0.15, 0.2) is 39.2 Å². The van der Waals surface area contributed by atoms with Gasteiger partial charge in [-0.3, -0.25) is 15.2 Å². The molecule has 0 radical (unpaired) electrons. The minimum Gasteiger partial charge on any atom is -0.284 e. The second-order valence-electron chi connectivity index (χ2n) is 7.54. The summed E-state index contributed by atoms with van der Waals surface area (Å²) in [6, 6.07) is 7.36. The van der Waals surface area contributed by atoms with E-state index in [2.05, 4.69) is 39.7 Å². The summed E-state index contributed by atoms with van der Waals surface area (Å²) in [5, 5.41) is 11.8. The van der Waals surface area contributed by atoms with Gasteiger partial charge in [0, 0.05) is 38.8 Å². The third-order valence-electron chi connectivity index (χ3n) is 5.54. The van der Waals surface area contributed by atoms with E-state index in [1.165, 1.54) is 6.42 Å². The van der Waals surface area contributed by atoms with Gasteiger partial charge in [-0.1, -0.05) is 36.5 Å². The summed E-state index contributed by atoms with van der Waals surface area (Å²) in [5.41, 5.74) is 4.37. The van der Waals surface area contributed by atoms with Gasteiger partial charge >= 0.3 is 0 Å². The van der Waals surface area contributed by atoms with E-state index in [0.29, 0.717) is 15.8 Å². The molecule has 3 heterocycles. The Bertz CT molecular complexity index is 960. The molecule has 1 aromatic carbocycles. The lowest BCUT2D eigenvalue weighted by molar-refractivity contribution is -0.120. The zero-order chi connectivity index (χ0) is 21.3. The average Bonchev–Trinajstić information content (AvgIpc) is 3.32. The zero-order valence-corrected chi connectivity index (χ0v) is 20.5. The van der Waals surface area contributed by atoms with Crippen LogP contribution < -0.4 is 10.4 Å². The van der Waals surface area contributed by atoms with Gasteiger partial charge in [0.15, 0.2) is 0 Å². The Morgan fingerprint density at radius 3 is 2.67 bits per heavy atom. The van der Waals surface area contributed by atoms with Crippen molar-refractivity contribution in [2.24, 2.45) is 11.0 Å². The van der Waals surface area contributed by atoms with Gasteiger partial charge in [0.05, 0.1) is 16.8 Å². The molecule has 30 heavy (non-hydrogen) atoms. The van der Waals surface area contributed by atoms with Crippen LogP contribution in [0.25, 0.3) is 0 Å². The summed E-state index contributed by atoms with van der Waals surface area (Å²) in [6.07, 6.45) is 4.20. The van der Waals surface area contributed by atoms with Crippen LogP contribution in [0.1, 0.15) is 43.5 Å². The van der Waals surface area contributed by atoms with Crippen molar-refractivity contribution in [1.29, 1.82) is 0 Å². The SMILES string of the molecule is CC[C@H]1C(C(=O)NN2CCCCC2)=NN(c2ccc(Cl)cc2Cl)[C@H]1c1cc(Br)cs1. The molecule has 9 heteroatoms. The highest BCUT2D eigenvalue weighted by Gasteiger charge is 2.42. The number of hydrogen-bond acceptors (Lipinski definition) is 5. The minimum atomic E-state index is -0.128. The largest absolute Gasteiger partial charge is 0.284 e. The lowest BCUT2D eigenvalue weighted by atomic mass is 9.91. The molecular formula is C21H23BrCl2N4OS. The number of nitrogens with one attached hydrogen (secondary N) is 1. The Morgan fingerprint density at radius 2 is 2.03 bits per heavy atom. The highest BCUT2D eigenvalue weighted by Crippen LogP contribution is 2.45. The number of hydrogen-bond donors (Lipinski definition) is 1. The summed E-state index contributed by atoms with van der Waals surface area (Å²) in [4.78, 5) is 14.3. The number of piperidine rings is 1. The molecular weight excluding hydrogens is 507 g/mol. The second kappa shape index (κ2) is 9.57. The highest BCUT2D eigenvalue weighted by molar-refractivity contribution is 9.10. The lowest BCUT2D eigenvalue weighted by Crippen LogP contribution is -2.48. The fourth-order valence-electron chi connectivity index (χ4n) is 4.08. The van der Waals surface area contributed by atoms with Crippen molar-refractivity contribution in [3.63, 3.8) is 0 Å². The molecule has 0 unspecified atom stereocenters. The van der Waals surface area contributed by atoms with Crippen LogP contribution in [0.3, 0.4) is 0 Å². The molecule has 5 nitrogen and oxygen atoms in total. The zero-order valence-electron chi connectivity index (χ0n) is 16.6. The first-order valence-corrected chi connectivity index (χ1v) is 12.5. The number of thiophene rings is 1. The Balaban J connectivity index is 1.70. The molecule has 2 atom stereocenters. The van der Waals surface area contributed by atoms with E-state index in [1.54, 1.807) is 23.5 Å². The van der Waals surface area contributed by atoms with Gasteiger partial charge in [-0.15, -0.1) is 11.3 Å². The lowest BCUT2D eigenvalue weighted by Gasteiger charge is -2.28. The van der Waals surface area contributed by atoms with Gasteiger partial charge in [0.25, 0.3) is 5.91 Å². The molecule has 0 bridgehead atoms. The topological polar surface area (TPSA) is 47.9 Å². The van der Waals surface area contributed by atoms with Crippen molar-refractivity contribution in [1.82, 2.24) is 10.4 Å². The van der Waals surface area contributed by atoms with E-state index in [-0.39, 0.29) is 17.9 Å². The number of amides is 1. The van der Waals surface area contributed by atoms with Gasteiger partial charge in [0.2, 0.25) is 0 Å². The van der Waals surface area contributed by atoms with Gasteiger partial charge in [-0.2, -0.15) is 5.10 Å². The maximum atomic E-state index is 13.2. The van der Waals surface area contributed by atoms with Crippen LogP contribution in [-0.4, -0.2) is 29.7 Å². The molecule has 0 aliphatic carbocycles. The smallest absolute Gasteiger partial charge is 0.282 e. The van der Waals surface area contributed by atoms with E-state index in [4.69, 9.17) is 28.3 Å². The molecule has 0 spiro atoms. The van der Waals surface area contributed by atoms with Crippen LogP contribution in [0.5, 0.6) is 0 Å². The fourth-order valence-corrected chi connectivity index (χ4v) is 6.17. The summed E-state index contributed by atoms with van der Waals surface area (Å²) in [6.45, 7) is 3.85. The van der Waals surface area contributed by atoms with Crippen molar-refractivity contribution in [2.75, 3.05) is 18.1 Å². The van der Waals surface area contributed by atoms with Crippen LogP contribution in [0.2, 0.25) is 10.0 Å². The maximum absolute atomic E-state index is 13.2. The molecule has 2 aliphatic rings. The maximum Gasteiger partial charge on any atom is 0.282 e. The number of halogens is 3. The standard InChI is InChI=1S/C21H23BrCl2N4OS/c1-2-15-19(21(29)26-27-8-4-3-5-9-27)25-28(17-7-6-14(23)11-16(17)24)20(15)18-10-13(22)12-30-18/h6-7,10-12,15,20H,2-5,8-9H2,1H3,(H,26,29)/t15-,20+/m0/s1. The Hall–Kier alpha value is -1.12. The number of anilines is 1. The summed E-state index contributed by atoms with van der Waals surface area (Å²) in [7, 11) is 0. The van der Waals surface area contributed by atoms with E-state index in [1.807, 2.05) is 16.1 Å². The van der Waals surface area contributed by atoms with Gasteiger partial charge < -0.3 is 0 Å². The Kier molecular flexibility index (Phi) is 7.05. The number of benzene rings is 1. The number of rotatable bonds is 5. The molecule has 0 saturated carbocycles. The molecule has 1 N–H and O–H groups in total. The van der Waals surface area contributed by atoms with E-state index in [0.717, 1.165) is 47.4 Å². The van der Waals surface area contributed by atoms with Crippen molar-refractivity contribution >= 4 is 67.8 Å². The first kappa shape index (κ1) is 22.1. The molecule has 1 aromatic heterocycles. The van der Waals surface area contributed by atoms with E-state index < -0.39 is 0 Å². The number of nitrogens with zero attached hydrogens (tertiary/aromatic N) is 3. The number of carbonyl (C=O) groups is 1. The molecule has 1 amide bonds. The van der Waals surface area contributed by atoms with Crippen LogP contribution in [-0.2, 0) is 4.79 Å². The number of hydrazone groups is 1. The second-order valence-corrected chi connectivity index (χ2v) is 10.2. The highest BCUT2D eigenvalue weighted by atomic mass is 79.9. The summed E-state index contributed by atoms with van der Waals surface area (Å²) >= 11 is 17.8. The predicted molar refractivity (Wildman–Crippen MR) is 128 cm³/mol. The summed E-state index contributed by atoms with van der Waals surface area (Å²) < 4.78 is 1.02. The Labute approximate surface area is 199 Å². The molecule has 2 aromatic rings. The quantitative estimate of drug-likeness (QED) is 0.496. The van der Waals surface area contributed by atoms with Crippen molar-refractivity contribution < 1.29 is 4.79 Å². The fraction of sp³-hybridized carbons (Fsp3) is 0.429. The van der Waals surface area contributed by atoms with Crippen molar-refractivity contribution in [3.8, 4) is 0 Å². The number of carbonyl (C=O) groups excluding carboxylic acids is 1. The predicted octanol–water partition coefficient (Wildman–Crippen LogP) is 6.28. The number of hydrazine groups is 1. The Morgan fingerprint density at radius 1 is 1.27 bits per heavy atom. The first-order valence-electron chi connectivity index (χ1n) is 10.1. The monoisotopic (exact) mass is 528 g/mol. The van der Waals surface area contributed by atoms with Crippen LogP contribution in [0, 0.1) is 5.92 Å². The van der Waals surface area contributed by atoms with Crippen LogP contribution in [0.4, 0.5) is 5.69 Å². The third kappa shape index (κ3) is 4.55. The molecule has 1 fully saturated rings. The van der Waals surface area contributed by atoms with Crippen LogP contribution >= 0.6 is 50.5 Å². The van der Waals surface area contributed by atoms with Crippen molar-refractivity contribution in [3.05, 3.63) is 49.0 Å². The minimum absolute atomic E-state index is 0.0490. The third-order valence-corrected chi connectivity index (χ3v) is 7.84. The average molecular weight is 530 g/mol. The van der Waals surface area contributed by atoms with Gasteiger partial charge in [-0.05, 0) is 59.5 Å².